The van der Waals surface area contributed by atoms with Crippen LogP contribution in [0.2, 0.25) is 0 Å². The molecule has 2 rings (SSSR count). The van der Waals surface area contributed by atoms with Crippen LogP contribution in [0, 0.1) is 5.92 Å². The SMILES string of the molecule is CC(C)C[C@H](NC(=O)OCc1ccccc1)C(=O)N[C@H](CC[S@@](=O)c1ccccc1)C(N)=O. The van der Waals surface area contributed by atoms with Crippen molar-refractivity contribution in [1.29, 1.82) is 0 Å². The number of carbonyl (C=O) groups is 3. The first-order valence-electron chi connectivity index (χ1n) is 10.8. The third-order valence-electron chi connectivity index (χ3n) is 4.79. The van der Waals surface area contributed by atoms with E-state index in [1.165, 1.54) is 0 Å². The van der Waals surface area contributed by atoms with Gasteiger partial charge in [-0.05, 0) is 36.5 Å². The molecule has 0 saturated carbocycles. The lowest BCUT2D eigenvalue weighted by molar-refractivity contribution is -0.128. The highest BCUT2D eigenvalue weighted by molar-refractivity contribution is 7.85. The van der Waals surface area contributed by atoms with E-state index in [-0.39, 0.29) is 24.7 Å². The fourth-order valence-electron chi connectivity index (χ4n) is 3.08. The highest BCUT2D eigenvalue weighted by atomic mass is 32.2. The van der Waals surface area contributed by atoms with Crippen LogP contribution < -0.4 is 16.4 Å². The quantitative estimate of drug-likeness (QED) is 0.436. The van der Waals surface area contributed by atoms with Gasteiger partial charge in [-0.15, -0.1) is 0 Å². The molecule has 2 aromatic rings. The number of amides is 3. The van der Waals surface area contributed by atoms with Crippen LogP contribution in [-0.2, 0) is 31.7 Å². The number of nitrogens with one attached hydrogen (secondary N) is 2. The molecule has 0 saturated heterocycles. The molecule has 33 heavy (non-hydrogen) atoms. The summed E-state index contributed by atoms with van der Waals surface area (Å²) < 4.78 is 17.7. The van der Waals surface area contributed by atoms with Crippen molar-refractivity contribution in [3.05, 3.63) is 66.2 Å². The van der Waals surface area contributed by atoms with Crippen molar-refractivity contribution < 1.29 is 23.3 Å². The summed E-state index contributed by atoms with van der Waals surface area (Å²) in [6.45, 7) is 3.88. The summed E-state index contributed by atoms with van der Waals surface area (Å²) in [5.74, 6) is -1.04. The Labute approximate surface area is 196 Å². The van der Waals surface area contributed by atoms with Gasteiger partial charge in [-0.25, -0.2) is 4.79 Å². The molecule has 0 fully saturated rings. The second kappa shape index (κ2) is 13.4. The van der Waals surface area contributed by atoms with Gasteiger partial charge in [0.05, 0.1) is 10.8 Å². The van der Waals surface area contributed by atoms with E-state index in [1.54, 1.807) is 24.3 Å². The van der Waals surface area contributed by atoms with Crippen LogP contribution in [0.4, 0.5) is 4.79 Å². The van der Waals surface area contributed by atoms with Crippen LogP contribution in [0.5, 0.6) is 0 Å². The summed E-state index contributed by atoms with van der Waals surface area (Å²) in [7, 11) is -1.33. The van der Waals surface area contributed by atoms with Gasteiger partial charge in [-0.2, -0.15) is 0 Å². The molecular weight excluding hydrogens is 442 g/mol. The third-order valence-corrected chi connectivity index (χ3v) is 6.19. The predicted octanol–water partition coefficient (Wildman–Crippen LogP) is 2.50. The second-order valence-electron chi connectivity index (χ2n) is 8.00. The molecule has 0 radical (unpaired) electrons. The van der Waals surface area contributed by atoms with Crippen LogP contribution in [0.15, 0.2) is 65.6 Å². The van der Waals surface area contributed by atoms with E-state index >= 15 is 0 Å². The minimum absolute atomic E-state index is 0.0674. The molecule has 0 unspecified atom stereocenters. The molecular formula is C24H31N3O5S. The summed E-state index contributed by atoms with van der Waals surface area (Å²) >= 11 is 0. The van der Waals surface area contributed by atoms with E-state index in [0.717, 1.165) is 5.56 Å². The molecule has 0 bridgehead atoms. The maximum atomic E-state index is 12.9. The lowest BCUT2D eigenvalue weighted by atomic mass is 10.0. The molecule has 8 nitrogen and oxygen atoms in total. The Morgan fingerprint density at radius 2 is 1.55 bits per heavy atom. The zero-order chi connectivity index (χ0) is 24.2. The van der Waals surface area contributed by atoms with E-state index < -0.39 is 40.8 Å². The van der Waals surface area contributed by atoms with Gasteiger partial charge in [-0.3, -0.25) is 13.8 Å². The van der Waals surface area contributed by atoms with Crippen molar-refractivity contribution in [3.8, 4) is 0 Å². The first-order chi connectivity index (χ1) is 15.8. The molecule has 0 heterocycles. The van der Waals surface area contributed by atoms with Crippen molar-refractivity contribution in [2.24, 2.45) is 11.7 Å². The Morgan fingerprint density at radius 1 is 0.939 bits per heavy atom. The number of carbonyl (C=O) groups excluding carboxylic acids is 3. The number of primary amides is 1. The van der Waals surface area contributed by atoms with Crippen LogP contribution >= 0.6 is 0 Å². The number of hydrogen-bond acceptors (Lipinski definition) is 5. The maximum Gasteiger partial charge on any atom is 0.408 e. The van der Waals surface area contributed by atoms with Gasteiger partial charge >= 0.3 is 6.09 Å². The standard InChI is InChI=1S/C24H31N3O5S/c1-17(2)15-21(27-24(30)32-16-18-9-5-3-6-10-18)23(29)26-20(22(25)28)13-14-33(31)19-11-7-4-8-12-19/h3-12,17,20-21H,13-16H2,1-2H3,(H2,25,28)(H,26,29)(H,27,30)/t20-,21+,33-/m1/s1. The van der Waals surface area contributed by atoms with Gasteiger partial charge in [0.1, 0.15) is 18.7 Å². The summed E-state index contributed by atoms with van der Waals surface area (Å²) in [5.41, 5.74) is 6.28. The Hall–Kier alpha value is -3.20. The lowest BCUT2D eigenvalue weighted by Gasteiger charge is -2.23. The van der Waals surface area contributed by atoms with Crippen LogP contribution in [0.25, 0.3) is 0 Å². The summed E-state index contributed by atoms with van der Waals surface area (Å²) in [5, 5.41) is 5.16. The average Bonchev–Trinajstić information content (AvgIpc) is 2.80. The number of hydrogen-bond donors (Lipinski definition) is 3. The Kier molecular flexibility index (Phi) is 10.6. The van der Waals surface area contributed by atoms with E-state index in [9.17, 15) is 18.6 Å². The van der Waals surface area contributed by atoms with Gasteiger partial charge < -0.3 is 21.1 Å². The number of alkyl carbamates (subject to hydrolysis) is 1. The van der Waals surface area contributed by atoms with Crippen LogP contribution in [-0.4, -0.2) is 40.0 Å². The normalized spacial score (nSPS) is 13.5. The number of benzene rings is 2. The van der Waals surface area contributed by atoms with Gasteiger partial charge in [0.25, 0.3) is 0 Å². The van der Waals surface area contributed by atoms with Crippen molar-refractivity contribution in [2.75, 3.05) is 5.75 Å². The van der Waals surface area contributed by atoms with Crippen molar-refractivity contribution in [2.45, 2.75) is 50.3 Å². The van der Waals surface area contributed by atoms with Gasteiger partial charge in [-0.1, -0.05) is 62.4 Å². The third kappa shape index (κ3) is 9.44. The number of ether oxygens (including phenoxy) is 1. The van der Waals surface area contributed by atoms with E-state index in [2.05, 4.69) is 10.6 Å². The van der Waals surface area contributed by atoms with Gasteiger partial charge in [0.2, 0.25) is 11.8 Å². The Bertz CT molecular complexity index is 938. The van der Waals surface area contributed by atoms with Crippen LogP contribution in [0.3, 0.4) is 0 Å². The summed E-state index contributed by atoms with van der Waals surface area (Å²) in [6, 6.07) is 16.1. The Balaban J connectivity index is 1.94. The molecule has 4 N–H and O–H groups in total. The monoisotopic (exact) mass is 473 g/mol. The fourth-order valence-corrected chi connectivity index (χ4v) is 4.23. The topological polar surface area (TPSA) is 128 Å². The molecule has 9 heteroatoms. The molecule has 0 aromatic heterocycles. The molecule has 3 atom stereocenters. The molecule has 178 valence electrons. The fraction of sp³-hybridized carbons (Fsp3) is 0.375. The molecule has 2 aromatic carbocycles. The van der Waals surface area contributed by atoms with E-state index in [0.29, 0.717) is 11.3 Å². The minimum atomic E-state index is -1.33. The number of rotatable bonds is 12. The Morgan fingerprint density at radius 3 is 2.12 bits per heavy atom. The van der Waals surface area contributed by atoms with E-state index in [1.807, 2.05) is 50.2 Å². The van der Waals surface area contributed by atoms with Gasteiger partial charge in [0, 0.05) is 10.6 Å². The van der Waals surface area contributed by atoms with Gasteiger partial charge in [0.15, 0.2) is 0 Å². The zero-order valence-corrected chi connectivity index (χ0v) is 19.7. The predicted molar refractivity (Wildman–Crippen MR) is 126 cm³/mol. The first-order valence-corrected chi connectivity index (χ1v) is 12.1. The highest BCUT2D eigenvalue weighted by Crippen LogP contribution is 2.10. The second-order valence-corrected chi connectivity index (χ2v) is 9.57. The highest BCUT2D eigenvalue weighted by Gasteiger charge is 2.27. The maximum absolute atomic E-state index is 12.9. The number of nitrogens with two attached hydrogens (primary N) is 1. The minimum Gasteiger partial charge on any atom is -0.445 e. The van der Waals surface area contributed by atoms with Crippen LogP contribution in [0.1, 0.15) is 32.3 Å². The summed E-state index contributed by atoms with van der Waals surface area (Å²) in [6.07, 6.45) is -0.288. The largest absolute Gasteiger partial charge is 0.445 e. The van der Waals surface area contributed by atoms with E-state index in [4.69, 9.17) is 10.5 Å². The smallest absolute Gasteiger partial charge is 0.408 e. The molecule has 0 spiro atoms. The zero-order valence-electron chi connectivity index (χ0n) is 18.9. The summed E-state index contributed by atoms with van der Waals surface area (Å²) in [4.78, 5) is 37.7. The molecule has 3 amide bonds. The van der Waals surface area contributed by atoms with Crippen molar-refractivity contribution >= 4 is 28.7 Å². The van der Waals surface area contributed by atoms with Crippen molar-refractivity contribution in [1.82, 2.24) is 10.6 Å². The lowest BCUT2D eigenvalue weighted by Crippen LogP contribution is -2.53. The first kappa shape index (κ1) is 26.1. The average molecular weight is 474 g/mol. The molecule has 0 aliphatic carbocycles. The molecule has 0 aliphatic rings. The van der Waals surface area contributed by atoms with Crippen molar-refractivity contribution in [3.63, 3.8) is 0 Å². The molecule has 0 aliphatic heterocycles.